The molecule has 2 saturated heterocycles. The van der Waals surface area contributed by atoms with Gasteiger partial charge < -0.3 is 15.1 Å². The van der Waals surface area contributed by atoms with E-state index in [4.69, 9.17) is 0 Å². The summed E-state index contributed by atoms with van der Waals surface area (Å²) >= 11 is 0. The highest BCUT2D eigenvalue weighted by molar-refractivity contribution is 5.95. The van der Waals surface area contributed by atoms with Gasteiger partial charge in [0.15, 0.2) is 0 Å². The molecule has 0 aliphatic carbocycles. The van der Waals surface area contributed by atoms with Gasteiger partial charge in [0.2, 0.25) is 11.8 Å². The van der Waals surface area contributed by atoms with E-state index in [0.717, 1.165) is 45.2 Å². The summed E-state index contributed by atoms with van der Waals surface area (Å²) < 4.78 is 0. The van der Waals surface area contributed by atoms with Crippen LogP contribution in [0.25, 0.3) is 0 Å². The van der Waals surface area contributed by atoms with Crippen LogP contribution in [0.15, 0.2) is 0 Å². The molecule has 0 radical (unpaired) electrons. The van der Waals surface area contributed by atoms with Crippen LogP contribution < -0.4 is 5.32 Å². The quantitative estimate of drug-likeness (QED) is 0.790. The van der Waals surface area contributed by atoms with E-state index in [0.29, 0.717) is 12.6 Å². The van der Waals surface area contributed by atoms with Crippen LogP contribution in [-0.2, 0) is 9.59 Å². The van der Waals surface area contributed by atoms with Crippen molar-refractivity contribution in [1.82, 2.24) is 15.1 Å². The van der Waals surface area contributed by atoms with Crippen molar-refractivity contribution >= 4 is 11.8 Å². The first kappa shape index (κ1) is 15.3. The van der Waals surface area contributed by atoms with Crippen LogP contribution in [0, 0.1) is 0 Å². The Balaban J connectivity index is 1.97. The van der Waals surface area contributed by atoms with Gasteiger partial charge in [-0.2, -0.15) is 0 Å². The molecule has 0 aromatic carbocycles. The molecule has 5 nitrogen and oxygen atoms in total. The highest BCUT2D eigenvalue weighted by Crippen LogP contribution is 2.23. The molecule has 1 N–H and O–H groups in total. The Morgan fingerprint density at radius 3 is 2.80 bits per heavy atom. The Labute approximate surface area is 121 Å². The van der Waals surface area contributed by atoms with Crippen LogP contribution in [0.3, 0.4) is 0 Å². The zero-order valence-corrected chi connectivity index (χ0v) is 12.7. The van der Waals surface area contributed by atoms with Crippen LogP contribution in [0.4, 0.5) is 0 Å². The highest BCUT2D eigenvalue weighted by Gasteiger charge is 2.40. The molecule has 2 aliphatic heterocycles. The number of carbonyl (C=O) groups excluding carboxylic acids is 2. The molecule has 0 saturated carbocycles. The minimum Gasteiger partial charge on any atom is -0.330 e. The van der Waals surface area contributed by atoms with Crippen molar-refractivity contribution in [1.29, 1.82) is 0 Å². The number of rotatable bonds is 6. The zero-order chi connectivity index (χ0) is 14.5. The largest absolute Gasteiger partial charge is 0.330 e. The predicted molar refractivity (Wildman–Crippen MR) is 78.3 cm³/mol. The van der Waals surface area contributed by atoms with Gasteiger partial charge >= 0.3 is 0 Å². The lowest BCUT2D eigenvalue weighted by Gasteiger charge is -2.43. The van der Waals surface area contributed by atoms with Gasteiger partial charge in [0, 0.05) is 19.1 Å². The summed E-state index contributed by atoms with van der Waals surface area (Å²) in [4.78, 5) is 28.3. The number of carbonyl (C=O) groups is 2. The summed E-state index contributed by atoms with van der Waals surface area (Å²) in [5, 5.41) is 3.46. The second-order valence-electron chi connectivity index (χ2n) is 5.88. The van der Waals surface area contributed by atoms with E-state index in [1.807, 2.05) is 0 Å². The fourth-order valence-electron chi connectivity index (χ4n) is 3.14. The lowest BCUT2D eigenvalue weighted by Crippen LogP contribution is -2.62. The van der Waals surface area contributed by atoms with E-state index in [1.54, 1.807) is 9.80 Å². The van der Waals surface area contributed by atoms with Crippen molar-refractivity contribution in [3.8, 4) is 0 Å². The average molecular weight is 281 g/mol. The molecule has 2 unspecified atom stereocenters. The van der Waals surface area contributed by atoms with E-state index in [9.17, 15) is 9.59 Å². The summed E-state index contributed by atoms with van der Waals surface area (Å²) in [6.07, 6.45) is 4.98. The molecule has 0 bridgehead atoms. The van der Waals surface area contributed by atoms with Crippen molar-refractivity contribution in [2.24, 2.45) is 0 Å². The van der Waals surface area contributed by atoms with Crippen LogP contribution in [-0.4, -0.2) is 59.9 Å². The maximum absolute atomic E-state index is 12.5. The van der Waals surface area contributed by atoms with Crippen LogP contribution in [0.2, 0.25) is 0 Å². The smallest absolute Gasteiger partial charge is 0.245 e. The molecule has 0 spiro atoms. The van der Waals surface area contributed by atoms with E-state index in [2.05, 4.69) is 19.2 Å². The van der Waals surface area contributed by atoms with E-state index in [1.165, 1.54) is 0 Å². The van der Waals surface area contributed by atoms with Crippen molar-refractivity contribution in [2.75, 3.05) is 26.2 Å². The van der Waals surface area contributed by atoms with Gasteiger partial charge in [0.25, 0.3) is 0 Å². The number of piperidine rings is 1. The second kappa shape index (κ2) is 7.07. The summed E-state index contributed by atoms with van der Waals surface area (Å²) in [5.74, 6) is 0.278. The maximum Gasteiger partial charge on any atom is 0.245 e. The molecule has 2 amide bonds. The van der Waals surface area contributed by atoms with E-state index < -0.39 is 0 Å². The topological polar surface area (TPSA) is 52.7 Å². The molecule has 2 heterocycles. The van der Waals surface area contributed by atoms with Crippen LogP contribution >= 0.6 is 0 Å². The molecular weight excluding hydrogens is 254 g/mol. The summed E-state index contributed by atoms with van der Waals surface area (Å²) in [7, 11) is 0. The fraction of sp³-hybridized carbons (Fsp3) is 0.867. The molecule has 2 atom stereocenters. The highest BCUT2D eigenvalue weighted by atomic mass is 16.2. The first-order chi connectivity index (χ1) is 9.67. The lowest BCUT2D eigenvalue weighted by atomic mass is 9.98. The normalized spacial score (nSPS) is 24.8. The Hall–Kier alpha value is -1.10. The van der Waals surface area contributed by atoms with Crippen LogP contribution in [0.1, 0.15) is 46.0 Å². The van der Waals surface area contributed by atoms with Gasteiger partial charge in [0.1, 0.15) is 6.04 Å². The molecule has 0 aromatic heterocycles. The van der Waals surface area contributed by atoms with Gasteiger partial charge in [-0.15, -0.1) is 0 Å². The molecule has 2 aliphatic rings. The van der Waals surface area contributed by atoms with Crippen molar-refractivity contribution in [3.63, 3.8) is 0 Å². The van der Waals surface area contributed by atoms with E-state index in [-0.39, 0.29) is 24.4 Å². The Morgan fingerprint density at radius 1 is 1.30 bits per heavy atom. The average Bonchev–Trinajstić information content (AvgIpc) is 2.48. The van der Waals surface area contributed by atoms with Gasteiger partial charge in [0.05, 0.1) is 6.54 Å². The van der Waals surface area contributed by atoms with Crippen molar-refractivity contribution < 1.29 is 9.59 Å². The number of nitrogens with zero attached hydrogens (tertiary/aromatic N) is 2. The fourth-order valence-corrected chi connectivity index (χ4v) is 3.14. The molecule has 5 heteroatoms. The molecular formula is C15H27N3O2. The summed E-state index contributed by atoms with van der Waals surface area (Å²) in [6, 6.07) is 0.107. The standard InChI is InChI=1S/C15H27N3O2/c1-3-8-16-12(4-2)10-17-11-14(19)18-9-6-5-7-13(18)15(17)20/h12-13,16H,3-11H2,1-2H3. The number of fused-ring (bicyclic) bond motifs is 1. The SMILES string of the molecule is CCCNC(CC)CN1CC(=O)N2CCCCC2C1=O. The molecule has 2 rings (SSSR count). The Kier molecular flexibility index (Phi) is 5.40. The minimum absolute atomic E-state index is 0.125. The monoisotopic (exact) mass is 281 g/mol. The maximum atomic E-state index is 12.5. The Bertz CT molecular complexity index is 359. The predicted octanol–water partition coefficient (Wildman–Crippen LogP) is 0.988. The number of hydrogen-bond donors (Lipinski definition) is 1. The Morgan fingerprint density at radius 2 is 2.10 bits per heavy atom. The molecule has 2 fully saturated rings. The van der Waals surface area contributed by atoms with Gasteiger partial charge in [-0.05, 0) is 38.6 Å². The summed E-state index contributed by atoms with van der Waals surface area (Å²) in [5.41, 5.74) is 0. The van der Waals surface area contributed by atoms with E-state index >= 15 is 0 Å². The first-order valence-electron chi connectivity index (χ1n) is 7.99. The zero-order valence-electron chi connectivity index (χ0n) is 12.7. The number of hydrogen-bond acceptors (Lipinski definition) is 3. The summed E-state index contributed by atoms with van der Waals surface area (Å²) in [6.45, 7) is 6.90. The third kappa shape index (κ3) is 3.32. The molecule has 20 heavy (non-hydrogen) atoms. The van der Waals surface area contributed by atoms with Gasteiger partial charge in [-0.3, -0.25) is 9.59 Å². The molecule has 0 aromatic rings. The third-order valence-corrected chi connectivity index (χ3v) is 4.36. The van der Waals surface area contributed by atoms with Gasteiger partial charge in [-0.25, -0.2) is 0 Å². The number of nitrogens with one attached hydrogen (secondary N) is 1. The third-order valence-electron chi connectivity index (χ3n) is 4.36. The van der Waals surface area contributed by atoms with Crippen LogP contribution in [0.5, 0.6) is 0 Å². The first-order valence-corrected chi connectivity index (χ1v) is 7.99. The molecule has 114 valence electrons. The number of piperazine rings is 1. The number of amides is 2. The second-order valence-corrected chi connectivity index (χ2v) is 5.88. The lowest BCUT2D eigenvalue weighted by molar-refractivity contribution is -0.158. The minimum atomic E-state index is -0.186. The van der Waals surface area contributed by atoms with Gasteiger partial charge in [-0.1, -0.05) is 13.8 Å². The van der Waals surface area contributed by atoms with Crippen molar-refractivity contribution in [3.05, 3.63) is 0 Å². The van der Waals surface area contributed by atoms with Crippen molar-refractivity contribution in [2.45, 2.75) is 58.0 Å².